The summed E-state index contributed by atoms with van der Waals surface area (Å²) in [5.41, 5.74) is 6.62. The molecule has 0 radical (unpaired) electrons. The zero-order valence-electron chi connectivity index (χ0n) is 13.5. The van der Waals surface area contributed by atoms with Crippen molar-refractivity contribution in [3.63, 3.8) is 0 Å². The van der Waals surface area contributed by atoms with E-state index >= 15 is 0 Å². The number of hydrogen-bond acceptors (Lipinski definition) is 4. The number of halogens is 2. The van der Waals surface area contributed by atoms with Crippen LogP contribution in [0.1, 0.15) is 52.4 Å². The van der Waals surface area contributed by atoms with Crippen LogP contribution >= 0.6 is 18.8 Å². The molecule has 142 valence electrons. The van der Waals surface area contributed by atoms with Gasteiger partial charge >= 0.3 is 35.3 Å². The Bertz CT molecular complexity index is 317. The number of nitrogens with two attached hydrogens (primary N) is 1. The summed E-state index contributed by atoms with van der Waals surface area (Å²) in [6.07, 6.45) is 8.57. The Morgan fingerprint density at radius 3 is 1.26 bits per heavy atom. The van der Waals surface area contributed by atoms with Crippen molar-refractivity contribution in [3.8, 4) is 0 Å². The second kappa shape index (κ2) is 12.5. The first-order valence-electron chi connectivity index (χ1n) is 7.12. The number of carbonyl (C=O) groups is 2. The average Bonchev–Trinajstić information content (AvgIpc) is 2.23. The van der Waals surface area contributed by atoms with E-state index in [0.717, 1.165) is 31.6 Å². The van der Waals surface area contributed by atoms with E-state index in [-0.39, 0.29) is 6.15 Å². The molecule has 0 aromatic heterocycles. The Hall–Kier alpha value is 0.128. The molecule has 0 aliphatic heterocycles. The van der Waals surface area contributed by atoms with Crippen LogP contribution < -0.4 is 11.9 Å². The van der Waals surface area contributed by atoms with Gasteiger partial charge in [0.25, 0.3) is 11.9 Å². The summed E-state index contributed by atoms with van der Waals surface area (Å²) in [6.45, 7) is 2.17. The predicted octanol–water partition coefficient (Wildman–Crippen LogP) is 3.63. The van der Waals surface area contributed by atoms with E-state index in [9.17, 15) is 0 Å². The van der Waals surface area contributed by atoms with Crippen molar-refractivity contribution in [2.24, 2.45) is 23.5 Å². The average molecular weight is 554 g/mol. The van der Waals surface area contributed by atoms with Crippen molar-refractivity contribution < 1.29 is 36.3 Å². The Morgan fingerprint density at radius 2 is 1.13 bits per heavy atom. The summed E-state index contributed by atoms with van der Waals surface area (Å²) in [5, 5.41) is 14.8. The molecule has 0 atom stereocenters. The summed E-state index contributed by atoms with van der Waals surface area (Å²) in [4.78, 5) is 18.0. The standard InChI is InChI=1S/C10H17N.2C2H4O2.2ClH.H3N.Pt/c11-10-4-7-1-8(5-10)3-9(2-7)6-10;2*1-2(3)4;;;;/h7-9H,1-6,11H2;2*1H3,(H,3,4);2*1H;1H3;/q;;;;;;+2/p-2. The van der Waals surface area contributed by atoms with Gasteiger partial charge in [-0.2, -0.15) is 0 Å². The molecule has 9 heteroatoms. The molecule has 0 saturated heterocycles. The van der Waals surface area contributed by atoms with Gasteiger partial charge in [0.15, 0.2) is 0 Å². The molecular weight excluding hydrogens is 526 g/mol. The van der Waals surface area contributed by atoms with E-state index in [1.165, 1.54) is 38.5 Å². The molecule has 4 saturated carbocycles. The topological polar surface area (TPSA) is 136 Å². The number of carboxylic acids is 2. The van der Waals surface area contributed by atoms with Crippen LogP contribution in [0.2, 0.25) is 0 Å². The van der Waals surface area contributed by atoms with Crippen molar-refractivity contribution in [1.82, 2.24) is 6.15 Å². The van der Waals surface area contributed by atoms with Crippen LogP contribution in [0, 0.1) is 17.8 Å². The number of carboxylic acid groups (broad SMARTS) is 2. The fourth-order valence-electron chi connectivity index (χ4n) is 4.18. The van der Waals surface area contributed by atoms with Crippen molar-refractivity contribution >= 4 is 30.8 Å². The van der Waals surface area contributed by atoms with Crippen LogP contribution in [0.25, 0.3) is 0 Å². The molecule has 6 nitrogen and oxygen atoms in total. The number of rotatable bonds is 0. The molecule has 4 aliphatic carbocycles. The monoisotopic (exact) mass is 553 g/mol. The van der Waals surface area contributed by atoms with Gasteiger partial charge in [0, 0.05) is 19.4 Å². The van der Waals surface area contributed by atoms with Crippen molar-refractivity contribution in [2.75, 3.05) is 0 Å². The molecule has 0 aromatic rings. The van der Waals surface area contributed by atoms with E-state index in [2.05, 4.69) is 0 Å². The number of aliphatic carboxylic acids is 2. The maximum atomic E-state index is 9.00. The molecule has 0 unspecified atom stereocenters. The van der Waals surface area contributed by atoms with Gasteiger partial charge in [-0.1, -0.05) is 0 Å². The van der Waals surface area contributed by atoms with Crippen LogP contribution in [0.3, 0.4) is 0 Å². The van der Waals surface area contributed by atoms with Gasteiger partial charge in [0.1, 0.15) is 0 Å². The zero-order valence-corrected chi connectivity index (χ0v) is 17.3. The first-order chi connectivity index (χ1) is 10.1. The Kier molecular flexibility index (Phi) is 13.8. The van der Waals surface area contributed by atoms with Gasteiger partial charge in [0.2, 0.25) is 0 Å². The minimum absolute atomic E-state index is 0. The third kappa shape index (κ3) is 12.2. The fourth-order valence-corrected chi connectivity index (χ4v) is 4.18. The third-order valence-corrected chi connectivity index (χ3v) is 4.09. The van der Waals surface area contributed by atoms with Crippen molar-refractivity contribution in [2.45, 2.75) is 57.9 Å². The van der Waals surface area contributed by atoms with Crippen LogP contribution in [-0.4, -0.2) is 27.7 Å². The van der Waals surface area contributed by atoms with Crippen molar-refractivity contribution in [1.29, 1.82) is 0 Å². The normalized spacial score (nSPS) is 32.0. The molecule has 0 heterocycles. The SMILES string of the molecule is CC(=O)O.CC(=O)O.N.NC12CC3CC(CC(C3)C1)C2.[Cl][Pt][Cl]. The summed E-state index contributed by atoms with van der Waals surface area (Å²) in [6, 6.07) is 0. The summed E-state index contributed by atoms with van der Waals surface area (Å²) >= 11 is -0.472. The summed E-state index contributed by atoms with van der Waals surface area (Å²) in [7, 11) is 9.75. The molecule has 0 aromatic carbocycles. The van der Waals surface area contributed by atoms with Crippen molar-refractivity contribution in [3.05, 3.63) is 0 Å². The third-order valence-electron chi connectivity index (χ3n) is 4.09. The van der Waals surface area contributed by atoms with Crippen LogP contribution in [-0.2, 0) is 26.1 Å². The molecule has 0 spiro atoms. The van der Waals surface area contributed by atoms with E-state index in [4.69, 9.17) is 44.4 Å². The second-order valence-corrected chi connectivity index (χ2v) is 9.65. The first-order valence-corrected chi connectivity index (χ1v) is 12.7. The van der Waals surface area contributed by atoms with Gasteiger partial charge in [-0.25, -0.2) is 0 Å². The molecule has 4 rings (SSSR count). The van der Waals surface area contributed by atoms with Gasteiger partial charge in [-0.3, -0.25) is 9.59 Å². The predicted molar refractivity (Wildman–Crippen MR) is 88.4 cm³/mol. The molecule has 0 amide bonds. The van der Waals surface area contributed by atoms with Gasteiger partial charge in [0.05, 0.1) is 0 Å². The molecule has 4 bridgehead atoms. The molecule has 4 aliphatic rings. The first kappa shape index (κ1) is 25.4. The quantitative estimate of drug-likeness (QED) is 0.361. The maximum absolute atomic E-state index is 9.00. The van der Waals surface area contributed by atoms with Gasteiger partial charge in [-0.05, 0) is 56.3 Å². The molecular formula is C14H28Cl2N2O4Pt. The number of hydrogen-bond donors (Lipinski definition) is 4. The second-order valence-electron chi connectivity index (χ2n) is 6.36. The summed E-state index contributed by atoms with van der Waals surface area (Å²) < 4.78 is 0. The fraction of sp³-hybridized carbons (Fsp3) is 0.857. The van der Waals surface area contributed by atoms with Crippen LogP contribution in [0.15, 0.2) is 0 Å². The minimum atomic E-state index is -0.833. The van der Waals surface area contributed by atoms with E-state index in [1.807, 2.05) is 0 Å². The van der Waals surface area contributed by atoms with Crippen LogP contribution in [0.5, 0.6) is 0 Å². The molecule has 7 N–H and O–H groups in total. The zero-order chi connectivity index (χ0) is 17.3. The van der Waals surface area contributed by atoms with E-state index in [1.54, 1.807) is 0 Å². The summed E-state index contributed by atoms with van der Waals surface area (Å²) in [5.74, 6) is 1.39. The Labute approximate surface area is 154 Å². The van der Waals surface area contributed by atoms with Gasteiger partial charge in [-0.15, -0.1) is 0 Å². The molecule has 23 heavy (non-hydrogen) atoms. The molecule has 4 fully saturated rings. The Morgan fingerprint density at radius 1 is 0.957 bits per heavy atom. The van der Waals surface area contributed by atoms with E-state index < -0.39 is 28.4 Å². The van der Waals surface area contributed by atoms with Crippen LogP contribution in [0.4, 0.5) is 0 Å². The van der Waals surface area contributed by atoms with E-state index in [0.29, 0.717) is 5.54 Å². The Balaban J connectivity index is 0. The van der Waals surface area contributed by atoms with Gasteiger partial charge < -0.3 is 22.1 Å².